The molecule has 0 bridgehead atoms. The molecule has 2 aromatic carbocycles. The fraction of sp³-hybridized carbons (Fsp3) is 0.158. The molecule has 0 unspecified atom stereocenters. The minimum Gasteiger partial charge on any atom is -0.302 e. The summed E-state index contributed by atoms with van der Waals surface area (Å²) in [7, 11) is 0. The van der Waals surface area contributed by atoms with Gasteiger partial charge >= 0.3 is 0 Å². The quantitative estimate of drug-likeness (QED) is 0.535. The van der Waals surface area contributed by atoms with Crippen LogP contribution >= 0.6 is 34.7 Å². The summed E-state index contributed by atoms with van der Waals surface area (Å²) < 4.78 is 0. The van der Waals surface area contributed by atoms with Crippen molar-refractivity contribution in [1.29, 1.82) is 0 Å². The standard InChI is InChI=1S/C19H17ClN2OS2/c1-13-2-4-14(5-3-13)17-12-25-19(21-17)22-18(23)10-11-24-16-8-6-15(20)7-9-16/h2-9,12H,10-11H2,1H3,(H,21,22,23). The van der Waals surface area contributed by atoms with E-state index in [2.05, 4.69) is 29.4 Å². The molecule has 0 fully saturated rings. The van der Waals surface area contributed by atoms with Gasteiger partial charge in [0.2, 0.25) is 5.91 Å². The van der Waals surface area contributed by atoms with Crippen molar-refractivity contribution in [3.8, 4) is 11.3 Å². The van der Waals surface area contributed by atoms with Crippen LogP contribution < -0.4 is 5.32 Å². The summed E-state index contributed by atoms with van der Waals surface area (Å²) in [6, 6.07) is 15.8. The second-order valence-corrected chi connectivity index (χ2v) is 7.97. The highest BCUT2D eigenvalue weighted by molar-refractivity contribution is 7.99. The normalized spacial score (nSPS) is 10.6. The molecule has 0 atom stereocenters. The molecular weight excluding hydrogens is 372 g/mol. The molecule has 0 saturated heterocycles. The fourth-order valence-corrected chi connectivity index (χ4v) is 3.88. The zero-order valence-corrected chi connectivity index (χ0v) is 16.0. The Morgan fingerprint density at radius 1 is 1.16 bits per heavy atom. The highest BCUT2D eigenvalue weighted by Crippen LogP contribution is 2.25. The van der Waals surface area contributed by atoms with Gasteiger partial charge in [-0.15, -0.1) is 23.1 Å². The molecule has 0 radical (unpaired) electrons. The highest BCUT2D eigenvalue weighted by Gasteiger charge is 2.08. The zero-order valence-electron chi connectivity index (χ0n) is 13.7. The van der Waals surface area contributed by atoms with Gasteiger partial charge in [0.15, 0.2) is 5.13 Å². The first kappa shape index (κ1) is 18.0. The molecule has 128 valence electrons. The average molecular weight is 389 g/mol. The van der Waals surface area contributed by atoms with Crippen LogP contribution in [0.2, 0.25) is 5.02 Å². The van der Waals surface area contributed by atoms with E-state index in [0.29, 0.717) is 17.3 Å². The van der Waals surface area contributed by atoms with Gasteiger partial charge < -0.3 is 5.32 Å². The molecule has 0 spiro atoms. The number of nitrogens with one attached hydrogen (secondary N) is 1. The lowest BCUT2D eigenvalue weighted by Gasteiger charge is -2.03. The number of rotatable bonds is 6. The lowest BCUT2D eigenvalue weighted by molar-refractivity contribution is -0.115. The summed E-state index contributed by atoms with van der Waals surface area (Å²) in [5.74, 6) is 0.690. The van der Waals surface area contributed by atoms with Gasteiger partial charge in [-0.3, -0.25) is 4.79 Å². The Hall–Kier alpha value is -1.82. The van der Waals surface area contributed by atoms with Crippen LogP contribution in [-0.2, 0) is 4.79 Å². The van der Waals surface area contributed by atoms with Crippen LogP contribution in [0.15, 0.2) is 58.8 Å². The first-order chi connectivity index (χ1) is 12.1. The molecule has 1 heterocycles. The number of nitrogens with zero attached hydrogens (tertiary/aromatic N) is 1. The van der Waals surface area contributed by atoms with Gasteiger partial charge in [0, 0.05) is 33.0 Å². The minimum atomic E-state index is -0.0220. The van der Waals surface area contributed by atoms with Gasteiger partial charge in [0.25, 0.3) is 0 Å². The number of hydrogen-bond donors (Lipinski definition) is 1. The van der Waals surface area contributed by atoms with E-state index >= 15 is 0 Å². The number of thiazole rings is 1. The molecule has 1 aromatic heterocycles. The third-order valence-electron chi connectivity index (χ3n) is 3.51. The molecule has 3 nitrogen and oxygen atoms in total. The van der Waals surface area contributed by atoms with Crippen molar-refractivity contribution in [2.45, 2.75) is 18.2 Å². The van der Waals surface area contributed by atoms with Crippen LogP contribution in [0, 0.1) is 6.92 Å². The summed E-state index contributed by atoms with van der Waals surface area (Å²) in [5.41, 5.74) is 3.15. The van der Waals surface area contributed by atoms with Crippen LogP contribution in [0.4, 0.5) is 5.13 Å². The number of aryl methyl sites for hydroxylation is 1. The lowest BCUT2D eigenvalue weighted by atomic mass is 10.1. The van der Waals surface area contributed by atoms with E-state index in [1.165, 1.54) is 16.9 Å². The van der Waals surface area contributed by atoms with Crippen molar-refractivity contribution in [1.82, 2.24) is 4.98 Å². The highest BCUT2D eigenvalue weighted by atomic mass is 35.5. The summed E-state index contributed by atoms with van der Waals surface area (Å²) in [4.78, 5) is 17.7. The van der Waals surface area contributed by atoms with Gasteiger partial charge in [-0.05, 0) is 31.2 Å². The summed E-state index contributed by atoms with van der Waals surface area (Å²) >= 11 is 8.94. The Kier molecular flexibility index (Phi) is 6.13. The van der Waals surface area contributed by atoms with Gasteiger partial charge in [0.05, 0.1) is 5.69 Å². The topological polar surface area (TPSA) is 42.0 Å². The summed E-state index contributed by atoms with van der Waals surface area (Å²) in [6.45, 7) is 2.05. The predicted molar refractivity (Wildman–Crippen MR) is 108 cm³/mol. The number of amides is 1. The number of aromatic nitrogens is 1. The fourth-order valence-electron chi connectivity index (χ4n) is 2.16. The van der Waals surface area contributed by atoms with Crippen molar-refractivity contribution in [3.05, 3.63) is 64.5 Å². The lowest BCUT2D eigenvalue weighted by Crippen LogP contribution is -2.11. The van der Waals surface area contributed by atoms with Crippen LogP contribution in [0.5, 0.6) is 0 Å². The molecule has 3 rings (SSSR count). The van der Waals surface area contributed by atoms with Gasteiger partial charge in [-0.2, -0.15) is 0 Å². The van der Waals surface area contributed by atoms with E-state index < -0.39 is 0 Å². The number of benzene rings is 2. The maximum atomic E-state index is 12.1. The van der Waals surface area contributed by atoms with Crippen molar-refractivity contribution >= 4 is 45.7 Å². The van der Waals surface area contributed by atoms with Crippen molar-refractivity contribution < 1.29 is 4.79 Å². The number of anilines is 1. The van der Waals surface area contributed by atoms with Gasteiger partial charge in [-0.25, -0.2) is 4.98 Å². The Balaban J connectivity index is 1.49. The van der Waals surface area contributed by atoms with Crippen LogP contribution in [-0.4, -0.2) is 16.6 Å². The first-order valence-corrected chi connectivity index (χ1v) is 10.1. The molecule has 0 aliphatic heterocycles. The van der Waals surface area contributed by atoms with E-state index in [-0.39, 0.29) is 5.91 Å². The van der Waals surface area contributed by atoms with E-state index in [0.717, 1.165) is 21.2 Å². The molecule has 25 heavy (non-hydrogen) atoms. The molecule has 1 amide bonds. The molecule has 0 aliphatic carbocycles. The van der Waals surface area contributed by atoms with E-state index in [4.69, 9.17) is 11.6 Å². The Bertz CT molecular complexity index is 845. The smallest absolute Gasteiger partial charge is 0.226 e. The molecule has 3 aromatic rings. The summed E-state index contributed by atoms with van der Waals surface area (Å²) in [6.07, 6.45) is 0.437. The molecule has 0 aliphatic rings. The zero-order chi connectivity index (χ0) is 17.6. The number of halogens is 1. The maximum Gasteiger partial charge on any atom is 0.226 e. The number of thioether (sulfide) groups is 1. The van der Waals surface area contributed by atoms with Crippen molar-refractivity contribution in [3.63, 3.8) is 0 Å². The van der Waals surface area contributed by atoms with Crippen LogP contribution in [0.1, 0.15) is 12.0 Å². The monoisotopic (exact) mass is 388 g/mol. The van der Waals surface area contributed by atoms with E-state index in [1.54, 1.807) is 11.8 Å². The van der Waals surface area contributed by atoms with Crippen molar-refractivity contribution in [2.75, 3.05) is 11.1 Å². The predicted octanol–water partition coefficient (Wildman–Crippen LogP) is 5.89. The number of hydrogen-bond acceptors (Lipinski definition) is 4. The molecule has 0 saturated carbocycles. The van der Waals surface area contributed by atoms with Crippen LogP contribution in [0.25, 0.3) is 11.3 Å². The Labute approximate surface area is 160 Å². The van der Waals surface area contributed by atoms with Gasteiger partial charge in [-0.1, -0.05) is 41.4 Å². The van der Waals surface area contributed by atoms with E-state index in [9.17, 15) is 4.79 Å². The maximum absolute atomic E-state index is 12.1. The van der Waals surface area contributed by atoms with Gasteiger partial charge in [0.1, 0.15) is 0 Å². The minimum absolute atomic E-state index is 0.0220. The largest absolute Gasteiger partial charge is 0.302 e. The third kappa shape index (κ3) is 5.33. The average Bonchev–Trinajstić information content (AvgIpc) is 3.06. The van der Waals surface area contributed by atoms with Crippen molar-refractivity contribution in [2.24, 2.45) is 0 Å². The Morgan fingerprint density at radius 2 is 1.88 bits per heavy atom. The molecular formula is C19H17ClN2OS2. The van der Waals surface area contributed by atoms with Crippen LogP contribution in [0.3, 0.4) is 0 Å². The SMILES string of the molecule is Cc1ccc(-c2csc(NC(=O)CCSc3ccc(Cl)cc3)n2)cc1. The first-order valence-electron chi connectivity index (χ1n) is 7.81. The van der Waals surface area contributed by atoms with E-state index in [1.807, 2.05) is 41.8 Å². The Morgan fingerprint density at radius 3 is 2.60 bits per heavy atom. The molecule has 6 heteroatoms. The summed E-state index contributed by atoms with van der Waals surface area (Å²) in [5, 5.41) is 6.19. The third-order valence-corrected chi connectivity index (χ3v) is 5.53. The second-order valence-electron chi connectivity index (χ2n) is 5.50. The molecule has 1 N–H and O–H groups in total. The number of carbonyl (C=O) groups is 1. The number of carbonyl (C=O) groups excluding carboxylic acids is 1. The second kappa shape index (κ2) is 8.52.